The van der Waals surface area contributed by atoms with Gasteiger partial charge in [0, 0.05) is 18.6 Å². The molecule has 2 aliphatic carbocycles. The summed E-state index contributed by atoms with van der Waals surface area (Å²) in [7, 11) is 2.35. The number of nitrogens with two attached hydrogens (primary N) is 1. The Morgan fingerprint density at radius 3 is 2.24 bits per heavy atom. The molecular formula is C19H38N2. The van der Waals surface area contributed by atoms with Crippen LogP contribution in [-0.2, 0) is 0 Å². The van der Waals surface area contributed by atoms with Gasteiger partial charge in [-0.2, -0.15) is 0 Å². The number of rotatable bonds is 6. The molecule has 0 heterocycles. The molecule has 0 aromatic carbocycles. The second-order valence-corrected chi connectivity index (χ2v) is 7.91. The highest BCUT2D eigenvalue weighted by Crippen LogP contribution is 2.34. The Hall–Kier alpha value is -0.0800. The molecule has 2 fully saturated rings. The summed E-state index contributed by atoms with van der Waals surface area (Å²) in [6, 6.07) is 1.28. The number of hydrogen-bond acceptors (Lipinski definition) is 2. The second kappa shape index (κ2) is 8.53. The predicted octanol–water partition coefficient (Wildman–Crippen LogP) is 4.43. The van der Waals surface area contributed by atoms with E-state index in [0.717, 1.165) is 23.8 Å². The van der Waals surface area contributed by atoms with E-state index in [0.29, 0.717) is 6.04 Å². The minimum atomic E-state index is 0.451. The van der Waals surface area contributed by atoms with E-state index in [-0.39, 0.29) is 0 Å². The summed E-state index contributed by atoms with van der Waals surface area (Å²) in [6.07, 6.45) is 13.8. The predicted molar refractivity (Wildman–Crippen MR) is 92.4 cm³/mol. The number of hydrogen-bond donors (Lipinski definition) is 1. The smallest absolute Gasteiger partial charge is 0.00925 e. The van der Waals surface area contributed by atoms with Gasteiger partial charge in [-0.05, 0) is 69.7 Å². The lowest BCUT2D eigenvalue weighted by Gasteiger charge is -2.40. The highest BCUT2D eigenvalue weighted by molar-refractivity contribution is 4.86. The largest absolute Gasteiger partial charge is 0.327 e. The molecule has 0 amide bonds. The number of nitrogens with zero attached hydrogens (tertiary/aromatic N) is 1. The zero-order chi connectivity index (χ0) is 15.2. The lowest BCUT2D eigenvalue weighted by Crippen LogP contribution is -2.45. The molecule has 3 unspecified atom stereocenters. The van der Waals surface area contributed by atoms with Crippen molar-refractivity contribution in [1.82, 2.24) is 4.90 Å². The van der Waals surface area contributed by atoms with Gasteiger partial charge in [-0.15, -0.1) is 0 Å². The molecule has 0 bridgehead atoms. The normalized spacial score (nSPS) is 37.9. The molecular weight excluding hydrogens is 256 g/mol. The summed E-state index contributed by atoms with van der Waals surface area (Å²) < 4.78 is 0. The molecule has 0 aromatic heterocycles. The quantitative estimate of drug-likeness (QED) is 0.785. The van der Waals surface area contributed by atoms with Crippen LogP contribution < -0.4 is 5.73 Å². The summed E-state index contributed by atoms with van der Waals surface area (Å²) in [5.41, 5.74) is 6.43. The van der Waals surface area contributed by atoms with E-state index in [1.54, 1.807) is 0 Å². The van der Waals surface area contributed by atoms with Gasteiger partial charge in [0.15, 0.2) is 0 Å². The van der Waals surface area contributed by atoms with Crippen LogP contribution >= 0.6 is 0 Å². The van der Waals surface area contributed by atoms with Crippen molar-refractivity contribution >= 4 is 0 Å². The zero-order valence-electron chi connectivity index (χ0n) is 14.7. The molecule has 0 spiro atoms. The van der Waals surface area contributed by atoms with E-state index < -0.39 is 0 Å². The molecule has 0 aromatic rings. The molecule has 21 heavy (non-hydrogen) atoms. The van der Waals surface area contributed by atoms with Crippen LogP contribution in [0.1, 0.15) is 78.1 Å². The Kier molecular flexibility index (Phi) is 7.01. The van der Waals surface area contributed by atoms with Gasteiger partial charge in [-0.1, -0.05) is 33.1 Å². The highest BCUT2D eigenvalue weighted by atomic mass is 15.1. The van der Waals surface area contributed by atoms with Crippen molar-refractivity contribution in [2.24, 2.45) is 23.5 Å². The van der Waals surface area contributed by atoms with Crippen LogP contribution in [0, 0.1) is 17.8 Å². The maximum atomic E-state index is 6.43. The van der Waals surface area contributed by atoms with Gasteiger partial charge in [-0.3, -0.25) is 0 Å². The van der Waals surface area contributed by atoms with Crippen LogP contribution in [0.2, 0.25) is 0 Å². The van der Waals surface area contributed by atoms with Gasteiger partial charge in [-0.25, -0.2) is 0 Å². The average molecular weight is 295 g/mol. The fourth-order valence-electron chi connectivity index (χ4n) is 4.78. The van der Waals surface area contributed by atoms with E-state index in [9.17, 15) is 0 Å². The summed E-state index contributed by atoms with van der Waals surface area (Å²) in [6.45, 7) is 5.91. The third kappa shape index (κ3) is 4.96. The van der Waals surface area contributed by atoms with Gasteiger partial charge < -0.3 is 10.6 Å². The van der Waals surface area contributed by atoms with E-state index in [1.807, 2.05) is 0 Å². The van der Waals surface area contributed by atoms with E-state index in [2.05, 4.69) is 25.8 Å². The Labute approximate surface area is 132 Å². The van der Waals surface area contributed by atoms with Crippen molar-refractivity contribution in [1.29, 1.82) is 0 Å². The minimum Gasteiger partial charge on any atom is -0.327 e. The van der Waals surface area contributed by atoms with Crippen molar-refractivity contribution in [3.05, 3.63) is 0 Å². The Balaban J connectivity index is 1.79. The third-order valence-electron chi connectivity index (χ3n) is 6.39. The molecule has 2 aliphatic rings. The molecule has 2 heteroatoms. The van der Waals surface area contributed by atoms with Crippen LogP contribution in [-0.4, -0.2) is 30.6 Å². The SMILES string of the molecule is CCCC1CCC(N)C(CN(C)C2CCC(CC)CC2)C1. The second-order valence-electron chi connectivity index (χ2n) is 7.91. The van der Waals surface area contributed by atoms with Crippen molar-refractivity contribution in [3.8, 4) is 0 Å². The lowest BCUT2D eigenvalue weighted by molar-refractivity contribution is 0.111. The zero-order valence-corrected chi connectivity index (χ0v) is 14.7. The monoisotopic (exact) mass is 294 g/mol. The minimum absolute atomic E-state index is 0.451. The molecule has 2 saturated carbocycles. The van der Waals surface area contributed by atoms with Gasteiger partial charge in [0.05, 0.1) is 0 Å². The van der Waals surface area contributed by atoms with Gasteiger partial charge in [0.1, 0.15) is 0 Å². The van der Waals surface area contributed by atoms with E-state index in [1.165, 1.54) is 70.8 Å². The Morgan fingerprint density at radius 2 is 1.62 bits per heavy atom. The molecule has 0 saturated heterocycles. The summed E-state index contributed by atoms with van der Waals surface area (Å²) in [4.78, 5) is 2.66. The summed E-state index contributed by atoms with van der Waals surface area (Å²) in [5, 5.41) is 0. The lowest BCUT2D eigenvalue weighted by atomic mass is 9.76. The molecule has 2 rings (SSSR count). The standard InChI is InChI=1S/C19H38N2/c1-4-6-16-9-12-19(20)17(13-16)14-21(3)18-10-7-15(5-2)8-11-18/h15-19H,4-14,20H2,1-3H3. The molecule has 0 aliphatic heterocycles. The van der Waals surface area contributed by atoms with E-state index in [4.69, 9.17) is 5.73 Å². The molecule has 2 nitrogen and oxygen atoms in total. The van der Waals surface area contributed by atoms with Gasteiger partial charge in [0.2, 0.25) is 0 Å². The highest BCUT2D eigenvalue weighted by Gasteiger charge is 2.31. The molecule has 124 valence electrons. The first-order chi connectivity index (χ1) is 10.1. The van der Waals surface area contributed by atoms with Crippen LogP contribution in [0.25, 0.3) is 0 Å². The summed E-state index contributed by atoms with van der Waals surface area (Å²) in [5.74, 6) is 2.69. The molecule has 2 N–H and O–H groups in total. The Morgan fingerprint density at radius 1 is 0.952 bits per heavy atom. The first-order valence-electron chi connectivity index (χ1n) is 9.59. The fraction of sp³-hybridized carbons (Fsp3) is 1.00. The van der Waals surface area contributed by atoms with Crippen LogP contribution in [0.15, 0.2) is 0 Å². The average Bonchev–Trinajstić information content (AvgIpc) is 2.51. The van der Waals surface area contributed by atoms with Crippen molar-refractivity contribution in [2.45, 2.75) is 90.1 Å². The fourth-order valence-corrected chi connectivity index (χ4v) is 4.78. The Bertz CT molecular complexity index is 283. The van der Waals surface area contributed by atoms with Crippen molar-refractivity contribution in [2.75, 3.05) is 13.6 Å². The summed E-state index contributed by atoms with van der Waals surface area (Å²) >= 11 is 0. The topological polar surface area (TPSA) is 29.3 Å². The van der Waals surface area contributed by atoms with Gasteiger partial charge in [0.25, 0.3) is 0 Å². The van der Waals surface area contributed by atoms with Crippen LogP contribution in [0.5, 0.6) is 0 Å². The van der Waals surface area contributed by atoms with E-state index >= 15 is 0 Å². The molecule has 3 atom stereocenters. The molecule has 0 radical (unpaired) electrons. The maximum absolute atomic E-state index is 6.43. The van der Waals surface area contributed by atoms with Crippen LogP contribution in [0.4, 0.5) is 0 Å². The van der Waals surface area contributed by atoms with Crippen molar-refractivity contribution in [3.63, 3.8) is 0 Å². The maximum Gasteiger partial charge on any atom is 0.00925 e. The van der Waals surface area contributed by atoms with Crippen molar-refractivity contribution < 1.29 is 0 Å². The first-order valence-corrected chi connectivity index (χ1v) is 9.59. The van der Waals surface area contributed by atoms with Gasteiger partial charge >= 0.3 is 0 Å². The third-order valence-corrected chi connectivity index (χ3v) is 6.39. The first kappa shape index (κ1) is 17.3. The van der Waals surface area contributed by atoms with Crippen LogP contribution in [0.3, 0.4) is 0 Å².